The second kappa shape index (κ2) is 13.4. The summed E-state index contributed by atoms with van der Waals surface area (Å²) in [5.74, 6) is -0.370. The van der Waals surface area contributed by atoms with E-state index >= 15 is 0 Å². The molecule has 2 aromatic rings. The minimum atomic E-state index is -0.693. The Bertz CT molecular complexity index is 934. The van der Waals surface area contributed by atoms with Gasteiger partial charge in [-0.15, -0.1) is 11.8 Å². The Morgan fingerprint density at radius 2 is 1.61 bits per heavy atom. The number of benzene rings is 2. The van der Waals surface area contributed by atoms with E-state index in [2.05, 4.69) is 5.32 Å². The summed E-state index contributed by atoms with van der Waals surface area (Å²) in [7, 11) is 0. The highest BCUT2D eigenvalue weighted by Gasteiger charge is 2.29. The molecule has 0 saturated heterocycles. The van der Waals surface area contributed by atoms with E-state index in [0.717, 1.165) is 0 Å². The number of rotatable bonds is 11. The normalized spacial score (nSPS) is 12.0. The Labute approximate surface area is 214 Å². The van der Waals surface area contributed by atoms with E-state index in [1.165, 1.54) is 28.8 Å². The van der Waals surface area contributed by atoms with E-state index in [4.69, 9.17) is 34.8 Å². The molecule has 0 aliphatic rings. The number of amides is 2. The molecule has 0 saturated carbocycles. The molecule has 1 atom stereocenters. The van der Waals surface area contributed by atoms with Gasteiger partial charge in [-0.05, 0) is 36.6 Å². The minimum Gasteiger partial charge on any atom is -0.354 e. The topological polar surface area (TPSA) is 49.4 Å². The predicted molar refractivity (Wildman–Crippen MR) is 137 cm³/mol. The Balaban J connectivity index is 2.22. The average molecular weight is 534 g/mol. The molecule has 0 aliphatic heterocycles. The van der Waals surface area contributed by atoms with Crippen LogP contribution in [0.25, 0.3) is 0 Å². The molecule has 33 heavy (non-hydrogen) atoms. The third-order valence-corrected chi connectivity index (χ3v) is 7.00. The lowest BCUT2D eigenvalue weighted by Gasteiger charge is -2.31. The van der Waals surface area contributed by atoms with Crippen molar-refractivity contribution in [2.75, 3.05) is 12.3 Å². The van der Waals surface area contributed by atoms with Crippen molar-refractivity contribution in [1.82, 2.24) is 10.2 Å². The summed E-state index contributed by atoms with van der Waals surface area (Å²) in [5.41, 5.74) is 0.922. The van der Waals surface area contributed by atoms with Crippen molar-refractivity contribution in [2.45, 2.75) is 45.5 Å². The first-order valence-corrected chi connectivity index (χ1v) is 12.9. The molecule has 0 heterocycles. The van der Waals surface area contributed by atoms with Gasteiger partial charge in [0.25, 0.3) is 0 Å². The van der Waals surface area contributed by atoms with Crippen LogP contribution in [0.3, 0.4) is 0 Å². The van der Waals surface area contributed by atoms with Gasteiger partial charge >= 0.3 is 0 Å². The van der Waals surface area contributed by atoms with Gasteiger partial charge in [-0.2, -0.15) is 0 Å². The van der Waals surface area contributed by atoms with Crippen molar-refractivity contribution >= 4 is 58.4 Å². The molecular weight excluding hydrogens is 506 g/mol. The monoisotopic (exact) mass is 532 g/mol. The molecule has 0 aliphatic carbocycles. The first-order valence-electron chi connectivity index (χ1n) is 10.7. The third-order valence-electron chi connectivity index (χ3n) is 4.99. The SMILES string of the molecule is CCC(C(=O)NCC(C)C)N(Cc1c(Cl)cccc1Cl)C(=O)CSCc1c(F)cccc1Cl. The number of nitrogens with one attached hydrogen (secondary N) is 1. The largest absolute Gasteiger partial charge is 0.354 e. The molecule has 2 rings (SSSR count). The zero-order chi connectivity index (χ0) is 24.5. The lowest BCUT2D eigenvalue weighted by molar-refractivity contribution is -0.139. The highest BCUT2D eigenvalue weighted by atomic mass is 35.5. The van der Waals surface area contributed by atoms with Crippen LogP contribution in [0.1, 0.15) is 38.3 Å². The summed E-state index contributed by atoms with van der Waals surface area (Å²) >= 11 is 20.0. The molecule has 0 aromatic heterocycles. The van der Waals surface area contributed by atoms with Crippen LogP contribution in [-0.4, -0.2) is 35.1 Å². The van der Waals surface area contributed by atoms with E-state index in [-0.39, 0.29) is 35.8 Å². The Kier molecular flexibility index (Phi) is 11.3. The van der Waals surface area contributed by atoms with Gasteiger partial charge in [-0.3, -0.25) is 9.59 Å². The molecule has 0 spiro atoms. The quantitative estimate of drug-likeness (QED) is 0.354. The van der Waals surface area contributed by atoms with Crippen molar-refractivity contribution in [3.05, 3.63) is 68.4 Å². The Morgan fingerprint density at radius 1 is 1.03 bits per heavy atom. The van der Waals surface area contributed by atoms with Gasteiger partial charge in [0.2, 0.25) is 11.8 Å². The van der Waals surface area contributed by atoms with Crippen LogP contribution in [0.4, 0.5) is 4.39 Å². The van der Waals surface area contributed by atoms with Crippen LogP contribution in [0.5, 0.6) is 0 Å². The van der Waals surface area contributed by atoms with Gasteiger partial charge in [0, 0.05) is 45.0 Å². The standard InChI is InChI=1S/C24H28Cl3FN2O2S/c1-4-22(24(32)29-11-15(2)3)30(12-16-18(25)7-5-8-19(16)26)23(31)14-33-13-17-20(27)9-6-10-21(17)28/h5-10,15,22H,4,11-14H2,1-3H3,(H,29,32). The summed E-state index contributed by atoms with van der Waals surface area (Å²) in [6.07, 6.45) is 0.418. The molecule has 0 fully saturated rings. The maximum atomic E-state index is 14.1. The summed E-state index contributed by atoms with van der Waals surface area (Å²) < 4.78 is 14.1. The average Bonchev–Trinajstić information content (AvgIpc) is 2.76. The van der Waals surface area contributed by atoms with Crippen molar-refractivity contribution in [1.29, 1.82) is 0 Å². The highest BCUT2D eigenvalue weighted by molar-refractivity contribution is 7.99. The maximum absolute atomic E-state index is 14.1. The van der Waals surface area contributed by atoms with Gasteiger partial charge in [0.15, 0.2) is 0 Å². The lowest BCUT2D eigenvalue weighted by Crippen LogP contribution is -2.50. The fourth-order valence-corrected chi connectivity index (χ4v) is 4.96. The number of carbonyl (C=O) groups excluding carboxylic acids is 2. The first kappa shape index (κ1) is 27.8. The zero-order valence-corrected chi connectivity index (χ0v) is 21.9. The number of hydrogen-bond donors (Lipinski definition) is 1. The van der Waals surface area contributed by atoms with Crippen molar-refractivity contribution in [2.24, 2.45) is 5.92 Å². The summed E-state index contributed by atoms with van der Waals surface area (Å²) in [6, 6.07) is 8.90. The van der Waals surface area contributed by atoms with E-state index in [1.54, 1.807) is 24.3 Å². The van der Waals surface area contributed by atoms with Crippen molar-refractivity contribution in [3.63, 3.8) is 0 Å². The summed E-state index contributed by atoms with van der Waals surface area (Å²) in [4.78, 5) is 27.7. The summed E-state index contributed by atoms with van der Waals surface area (Å²) in [5, 5.41) is 4.06. The Morgan fingerprint density at radius 3 is 2.15 bits per heavy atom. The molecule has 0 bridgehead atoms. The molecule has 0 radical (unpaired) electrons. The molecule has 2 aromatic carbocycles. The van der Waals surface area contributed by atoms with E-state index in [1.807, 2.05) is 20.8 Å². The van der Waals surface area contributed by atoms with Crippen LogP contribution in [0, 0.1) is 11.7 Å². The lowest BCUT2D eigenvalue weighted by atomic mass is 10.1. The molecule has 180 valence electrons. The molecule has 2 amide bonds. The zero-order valence-electron chi connectivity index (χ0n) is 18.8. The van der Waals surface area contributed by atoms with Crippen LogP contribution in [0.2, 0.25) is 15.1 Å². The predicted octanol–water partition coefficient (Wildman–Crippen LogP) is 6.60. The van der Waals surface area contributed by atoms with E-state index in [0.29, 0.717) is 39.2 Å². The Hall–Kier alpha value is -1.47. The second-order valence-corrected chi connectivity index (χ2v) is 10.2. The number of carbonyl (C=O) groups is 2. The van der Waals surface area contributed by atoms with Gasteiger partial charge in [-0.25, -0.2) is 4.39 Å². The fraction of sp³-hybridized carbons (Fsp3) is 0.417. The maximum Gasteiger partial charge on any atom is 0.242 e. The molecule has 1 unspecified atom stereocenters. The van der Waals surface area contributed by atoms with E-state index in [9.17, 15) is 14.0 Å². The van der Waals surface area contributed by atoms with Gasteiger partial charge in [0.1, 0.15) is 11.9 Å². The van der Waals surface area contributed by atoms with Gasteiger partial charge in [-0.1, -0.05) is 67.7 Å². The molecule has 1 N–H and O–H groups in total. The van der Waals surface area contributed by atoms with Gasteiger partial charge < -0.3 is 10.2 Å². The van der Waals surface area contributed by atoms with Crippen molar-refractivity contribution < 1.29 is 14.0 Å². The number of halogens is 4. The smallest absolute Gasteiger partial charge is 0.242 e. The highest BCUT2D eigenvalue weighted by Crippen LogP contribution is 2.28. The number of nitrogens with zero attached hydrogens (tertiary/aromatic N) is 1. The van der Waals surface area contributed by atoms with Crippen LogP contribution in [0.15, 0.2) is 36.4 Å². The molecule has 9 heteroatoms. The second-order valence-electron chi connectivity index (χ2n) is 7.98. The molecule has 4 nitrogen and oxygen atoms in total. The van der Waals surface area contributed by atoms with Crippen molar-refractivity contribution in [3.8, 4) is 0 Å². The summed E-state index contributed by atoms with van der Waals surface area (Å²) in [6.45, 7) is 6.44. The fourth-order valence-electron chi connectivity index (χ4n) is 3.19. The molecular formula is C24H28Cl3FN2O2S. The number of thioether (sulfide) groups is 1. The van der Waals surface area contributed by atoms with E-state index < -0.39 is 11.9 Å². The number of hydrogen-bond acceptors (Lipinski definition) is 3. The van der Waals surface area contributed by atoms with Gasteiger partial charge in [0.05, 0.1) is 5.75 Å². The third kappa shape index (κ3) is 8.06. The minimum absolute atomic E-state index is 0.0424. The first-order chi connectivity index (χ1) is 15.6. The van der Waals surface area contributed by atoms with Crippen LogP contribution >= 0.6 is 46.6 Å². The van der Waals surface area contributed by atoms with Crippen LogP contribution < -0.4 is 5.32 Å². The van der Waals surface area contributed by atoms with Crippen LogP contribution in [-0.2, 0) is 21.9 Å².